The second kappa shape index (κ2) is 8.11. The van der Waals surface area contributed by atoms with E-state index in [2.05, 4.69) is 0 Å². The summed E-state index contributed by atoms with van der Waals surface area (Å²) >= 11 is 12.3. The van der Waals surface area contributed by atoms with Crippen molar-refractivity contribution >= 4 is 46.6 Å². The number of hydrogen-bond acceptors (Lipinski definition) is 5. The Morgan fingerprint density at radius 3 is 2.30 bits per heavy atom. The molecule has 1 saturated heterocycles. The molecular weight excluding hydrogens is 469 g/mol. The summed E-state index contributed by atoms with van der Waals surface area (Å²) in [5.74, 6) is -2.30. The largest absolute Gasteiger partial charge is 0.282 e. The maximum absolute atomic E-state index is 13.6. The highest BCUT2D eigenvalue weighted by Gasteiger charge is 2.62. The molecule has 2 saturated carbocycles. The van der Waals surface area contributed by atoms with Crippen LogP contribution < -0.4 is 0 Å². The summed E-state index contributed by atoms with van der Waals surface area (Å²) in [6.07, 6.45) is 2.63. The van der Waals surface area contributed by atoms with Crippen molar-refractivity contribution in [1.82, 2.24) is 10.0 Å². The molecule has 2 aromatic carbocycles. The highest BCUT2D eigenvalue weighted by atomic mass is 35.5. The number of rotatable bonds is 5. The van der Waals surface area contributed by atoms with E-state index in [1.807, 2.05) is 0 Å². The first-order valence-electron chi connectivity index (χ1n) is 10.6. The van der Waals surface area contributed by atoms with E-state index < -0.39 is 40.2 Å². The molecule has 3 fully saturated rings. The second-order valence-electron chi connectivity index (χ2n) is 8.75. The van der Waals surface area contributed by atoms with E-state index in [0.717, 1.165) is 29.3 Å². The first kappa shape index (κ1) is 21.9. The Morgan fingerprint density at radius 1 is 1.06 bits per heavy atom. The zero-order chi connectivity index (χ0) is 23.4. The van der Waals surface area contributed by atoms with Gasteiger partial charge in [0.25, 0.3) is 23.4 Å². The lowest BCUT2D eigenvalue weighted by Crippen LogP contribution is -2.50. The van der Waals surface area contributed by atoms with Crippen LogP contribution in [0, 0.1) is 33.8 Å². The van der Waals surface area contributed by atoms with Gasteiger partial charge in [-0.2, -0.15) is 5.01 Å². The highest BCUT2D eigenvalue weighted by Crippen LogP contribution is 2.56. The number of fused-ring (bicyclic) bond motifs is 5. The number of hydrazine groups is 1. The Bertz CT molecular complexity index is 1170. The zero-order valence-corrected chi connectivity index (χ0v) is 18.8. The molecule has 0 unspecified atom stereocenters. The molecular formula is C23H19Cl2N3O5. The summed E-state index contributed by atoms with van der Waals surface area (Å²) in [5.41, 5.74) is -0.170. The third-order valence-corrected chi connectivity index (χ3v) is 7.63. The molecule has 0 N–H and O–H groups in total. The van der Waals surface area contributed by atoms with Crippen LogP contribution in [0.1, 0.15) is 35.2 Å². The summed E-state index contributed by atoms with van der Waals surface area (Å²) in [4.78, 5) is 51.4. The Balaban J connectivity index is 1.58. The Morgan fingerprint density at radius 2 is 1.70 bits per heavy atom. The Hall–Kier alpha value is -2.97. The standard InChI is InChI=1S/C23H19Cl2N3O5/c24-15-8-7-14(17(25)10-15)11-26(21(29)16-3-1-2-4-18(16)28(32)33)27-22(30)19-12-5-6-13(9-12)20(19)23(27)31/h1-4,7-8,10,12-13,19-20H,5-6,9,11H2/t12-,13-,19-,20-/m0/s1. The number of carbonyl (C=O) groups excluding carboxylic acids is 3. The van der Waals surface area contributed by atoms with Gasteiger partial charge < -0.3 is 0 Å². The third kappa shape index (κ3) is 3.48. The van der Waals surface area contributed by atoms with E-state index in [-0.39, 0.29) is 29.0 Å². The first-order valence-corrected chi connectivity index (χ1v) is 11.4. The van der Waals surface area contributed by atoms with Crippen LogP contribution in [0.2, 0.25) is 10.0 Å². The van der Waals surface area contributed by atoms with Gasteiger partial charge in [-0.3, -0.25) is 24.5 Å². The number of amides is 3. The second-order valence-corrected chi connectivity index (χ2v) is 9.59. The summed E-state index contributed by atoms with van der Waals surface area (Å²) < 4.78 is 0. The molecule has 3 amide bonds. The van der Waals surface area contributed by atoms with Crippen molar-refractivity contribution in [3.63, 3.8) is 0 Å². The molecule has 170 valence electrons. The predicted octanol–water partition coefficient (Wildman–Crippen LogP) is 4.49. The number of nitrogens with zero attached hydrogens (tertiary/aromatic N) is 3. The van der Waals surface area contributed by atoms with Gasteiger partial charge in [-0.25, -0.2) is 5.01 Å². The number of nitro groups is 1. The summed E-state index contributed by atoms with van der Waals surface area (Å²) in [5, 5.41) is 14.1. The van der Waals surface area contributed by atoms with Gasteiger partial charge in [0.15, 0.2) is 0 Å². The lowest BCUT2D eigenvalue weighted by atomic mass is 9.81. The summed E-state index contributed by atoms with van der Waals surface area (Å²) in [6.45, 7) is -0.215. The van der Waals surface area contributed by atoms with Gasteiger partial charge >= 0.3 is 0 Å². The molecule has 10 heteroatoms. The van der Waals surface area contributed by atoms with Gasteiger partial charge in [0.2, 0.25) is 0 Å². The quantitative estimate of drug-likeness (QED) is 0.351. The molecule has 4 atom stereocenters. The van der Waals surface area contributed by atoms with Crippen molar-refractivity contribution in [1.29, 1.82) is 0 Å². The molecule has 1 aliphatic heterocycles. The number of carbonyl (C=O) groups is 3. The molecule has 2 aromatic rings. The van der Waals surface area contributed by atoms with Crippen molar-refractivity contribution in [2.45, 2.75) is 25.8 Å². The van der Waals surface area contributed by atoms with Crippen LogP contribution >= 0.6 is 23.2 Å². The van der Waals surface area contributed by atoms with E-state index in [9.17, 15) is 24.5 Å². The summed E-state index contributed by atoms with van der Waals surface area (Å²) in [6, 6.07) is 10.1. The maximum Gasteiger partial charge on any atom is 0.282 e. The van der Waals surface area contributed by atoms with Crippen LogP contribution in [0.4, 0.5) is 5.69 Å². The molecule has 1 heterocycles. The van der Waals surface area contributed by atoms with Crippen LogP contribution in [0.5, 0.6) is 0 Å². The molecule has 33 heavy (non-hydrogen) atoms. The van der Waals surface area contributed by atoms with Crippen LogP contribution in [0.3, 0.4) is 0 Å². The van der Waals surface area contributed by atoms with Crippen LogP contribution in [-0.4, -0.2) is 32.7 Å². The lowest BCUT2D eigenvalue weighted by Gasteiger charge is -2.31. The average Bonchev–Trinajstić information content (AvgIpc) is 3.47. The Kier molecular flexibility index (Phi) is 5.37. The minimum absolute atomic E-state index is 0.128. The highest BCUT2D eigenvalue weighted by molar-refractivity contribution is 6.35. The molecule has 8 nitrogen and oxygen atoms in total. The minimum Gasteiger partial charge on any atom is -0.272 e. The van der Waals surface area contributed by atoms with Crippen molar-refractivity contribution in [3.8, 4) is 0 Å². The van der Waals surface area contributed by atoms with Crippen molar-refractivity contribution in [2.24, 2.45) is 23.7 Å². The van der Waals surface area contributed by atoms with E-state index in [4.69, 9.17) is 23.2 Å². The van der Waals surface area contributed by atoms with Crippen LogP contribution in [0.25, 0.3) is 0 Å². The maximum atomic E-state index is 13.6. The minimum atomic E-state index is -0.817. The number of halogens is 2. The first-order chi connectivity index (χ1) is 15.8. The fourth-order valence-corrected chi connectivity index (χ4v) is 6.10. The number of hydrogen-bond donors (Lipinski definition) is 0. The van der Waals surface area contributed by atoms with E-state index in [0.29, 0.717) is 10.6 Å². The fourth-order valence-electron chi connectivity index (χ4n) is 5.63. The van der Waals surface area contributed by atoms with E-state index in [1.54, 1.807) is 12.1 Å². The molecule has 2 bridgehead atoms. The monoisotopic (exact) mass is 487 g/mol. The van der Waals surface area contributed by atoms with Gasteiger partial charge in [0.05, 0.1) is 23.3 Å². The van der Waals surface area contributed by atoms with Gasteiger partial charge in [0, 0.05) is 16.1 Å². The fraction of sp³-hybridized carbons (Fsp3) is 0.348. The number of para-hydroxylation sites is 1. The molecule has 0 spiro atoms. The number of benzene rings is 2. The number of nitro benzene ring substituents is 1. The smallest absolute Gasteiger partial charge is 0.272 e. The van der Waals surface area contributed by atoms with E-state index in [1.165, 1.54) is 30.3 Å². The molecule has 0 radical (unpaired) electrons. The lowest BCUT2D eigenvalue weighted by molar-refractivity contribution is -0.385. The predicted molar refractivity (Wildman–Crippen MR) is 119 cm³/mol. The molecule has 5 rings (SSSR count). The SMILES string of the molecule is O=C(c1ccccc1[N+](=O)[O-])N(Cc1ccc(Cl)cc1Cl)N1C(=O)[C@H]2[C@H]3CC[C@@H](C3)[C@@H]2C1=O. The van der Waals surface area contributed by atoms with Gasteiger partial charge in [0.1, 0.15) is 5.56 Å². The van der Waals surface area contributed by atoms with Crippen LogP contribution in [-0.2, 0) is 16.1 Å². The normalized spacial score (nSPS) is 25.5. The average molecular weight is 488 g/mol. The molecule has 0 aromatic heterocycles. The zero-order valence-electron chi connectivity index (χ0n) is 17.3. The van der Waals surface area contributed by atoms with Crippen molar-refractivity contribution in [3.05, 3.63) is 73.8 Å². The molecule has 3 aliphatic rings. The van der Waals surface area contributed by atoms with E-state index >= 15 is 0 Å². The summed E-state index contributed by atoms with van der Waals surface area (Å²) in [7, 11) is 0. The van der Waals surface area contributed by atoms with Crippen LogP contribution in [0.15, 0.2) is 42.5 Å². The topological polar surface area (TPSA) is 101 Å². The van der Waals surface area contributed by atoms with Crippen molar-refractivity contribution in [2.75, 3.05) is 0 Å². The number of imide groups is 1. The van der Waals surface area contributed by atoms with Gasteiger partial charge in [-0.15, -0.1) is 0 Å². The van der Waals surface area contributed by atoms with Crippen molar-refractivity contribution < 1.29 is 19.3 Å². The van der Waals surface area contributed by atoms with Gasteiger partial charge in [-0.1, -0.05) is 41.4 Å². The Labute approximate surface area is 199 Å². The van der Waals surface area contributed by atoms with Gasteiger partial charge in [-0.05, 0) is 54.9 Å². The molecule has 2 aliphatic carbocycles. The third-order valence-electron chi connectivity index (χ3n) is 7.05.